The molecule has 0 fully saturated rings. The van der Waals surface area contributed by atoms with Crippen LogP contribution in [0.1, 0.15) is 17.4 Å². The molecule has 1 heterocycles. The Kier molecular flexibility index (Phi) is 12.9. The zero-order valence-corrected chi connectivity index (χ0v) is 17.2. The zero-order valence-electron chi connectivity index (χ0n) is 14.0. The van der Waals surface area contributed by atoms with E-state index >= 15 is 0 Å². The number of hydrogen-bond acceptors (Lipinski definition) is 4. The molecular weight excluding hydrogens is 411 g/mol. The highest BCUT2D eigenvalue weighted by Crippen LogP contribution is 2.16. The number of aryl methyl sites for hydroxylation is 1. The van der Waals surface area contributed by atoms with E-state index in [-0.39, 0.29) is 24.0 Å². The molecule has 1 rings (SSSR count). The average Bonchev–Trinajstić information content (AvgIpc) is 2.88. The van der Waals surface area contributed by atoms with E-state index in [1.54, 1.807) is 18.4 Å². The Labute approximate surface area is 155 Å². The Morgan fingerprint density at radius 3 is 2.73 bits per heavy atom. The summed E-state index contributed by atoms with van der Waals surface area (Å²) in [6.45, 7) is 9.36. The maximum Gasteiger partial charge on any atom is 0.191 e. The number of nitrogens with one attached hydrogen (secondary N) is 2. The largest absolute Gasteiger partial charge is 0.383 e. The summed E-state index contributed by atoms with van der Waals surface area (Å²) in [6, 6.07) is 2.14. The van der Waals surface area contributed by atoms with Gasteiger partial charge in [0.15, 0.2) is 5.96 Å². The Morgan fingerprint density at radius 1 is 1.36 bits per heavy atom. The van der Waals surface area contributed by atoms with Gasteiger partial charge in [-0.25, -0.2) is 4.99 Å². The minimum absolute atomic E-state index is 0. The van der Waals surface area contributed by atoms with Crippen molar-refractivity contribution in [1.82, 2.24) is 15.5 Å². The number of halogens is 1. The summed E-state index contributed by atoms with van der Waals surface area (Å²) in [7, 11) is 3.83. The fourth-order valence-electron chi connectivity index (χ4n) is 1.78. The summed E-state index contributed by atoms with van der Waals surface area (Å²) in [5.41, 5.74) is 1.32. The number of likely N-dealkylation sites (N-methyl/N-ethyl adjacent to an activating group) is 1. The van der Waals surface area contributed by atoms with E-state index in [1.807, 2.05) is 0 Å². The quantitative estimate of drug-likeness (QED) is 0.352. The van der Waals surface area contributed by atoms with Crippen LogP contribution in [0.5, 0.6) is 0 Å². The van der Waals surface area contributed by atoms with E-state index < -0.39 is 0 Å². The molecular formula is C15H29IN4OS. The summed E-state index contributed by atoms with van der Waals surface area (Å²) in [5, 5.41) is 8.77. The highest BCUT2D eigenvalue weighted by molar-refractivity contribution is 14.0. The van der Waals surface area contributed by atoms with Gasteiger partial charge in [0.25, 0.3) is 0 Å². The van der Waals surface area contributed by atoms with Gasteiger partial charge in [-0.2, -0.15) is 0 Å². The van der Waals surface area contributed by atoms with Gasteiger partial charge in [-0.1, -0.05) is 0 Å². The molecule has 0 aliphatic carbocycles. The predicted octanol–water partition coefficient (Wildman–Crippen LogP) is 2.31. The Bertz CT molecular complexity index is 425. The molecule has 0 spiro atoms. The molecule has 2 N–H and O–H groups in total. The monoisotopic (exact) mass is 440 g/mol. The predicted molar refractivity (Wildman–Crippen MR) is 107 cm³/mol. The molecule has 0 aromatic carbocycles. The van der Waals surface area contributed by atoms with E-state index in [0.717, 1.165) is 45.3 Å². The van der Waals surface area contributed by atoms with Crippen LogP contribution in [0.4, 0.5) is 0 Å². The van der Waals surface area contributed by atoms with Crippen LogP contribution in [-0.4, -0.2) is 57.8 Å². The van der Waals surface area contributed by atoms with E-state index in [1.165, 1.54) is 10.4 Å². The number of rotatable bonds is 9. The number of methoxy groups -OCH3 is 1. The molecule has 0 aliphatic rings. The number of nitrogens with zero attached hydrogens (tertiary/aromatic N) is 2. The molecule has 0 bridgehead atoms. The molecule has 5 nitrogen and oxygen atoms in total. The van der Waals surface area contributed by atoms with Crippen LogP contribution in [0, 0.1) is 6.92 Å². The number of hydrogen-bond donors (Lipinski definition) is 2. The number of guanidine groups is 1. The van der Waals surface area contributed by atoms with Crippen molar-refractivity contribution in [2.24, 2.45) is 4.99 Å². The van der Waals surface area contributed by atoms with Crippen molar-refractivity contribution in [2.45, 2.75) is 20.4 Å². The molecule has 22 heavy (non-hydrogen) atoms. The first-order valence-corrected chi connectivity index (χ1v) is 8.28. The fraction of sp³-hybridized carbons (Fsp3) is 0.667. The lowest BCUT2D eigenvalue weighted by Gasteiger charge is -2.17. The number of thiophene rings is 1. The van der Waals surface area contributed by atoms with Crippen molar-refractivity contribution in [2.75, 3.05) is 46.9 Å². The fourth-order valence-corrected chi connectivity index (χ4v) is 2.61. The highest BCUT2D eigenvalue weighted by Gasteiger charge is 2.02. The minimum Gasteiger partial charge on any atom is -0.383 e. The molecule has 0 atom stereocenters. The van der Waals surface area contributed by atoms with Gasteiger partial charge in [-0.15, -0.1) is 35.3 Å². The number of ether oxygens (including phenoxy) is 1. The summed E-state index contributed by atoms with van der Waals surface area (Å²) in [4.78, 5) is 8.20. The molecule has 0 aliphatic heterocycles. The summed E-state index contributed by atoms with van der Waals surface area (Å²) in [5.74, 6) is 0.880. The molecule has 0 saturated carbocycles. The summed E-state index contributed by atoms with van der Waals surface area (Å²) < 4.78 is 5.07. The molecule has 7 heteroatoms. The van der Waals surface area contributed by atoms with Crippen molar-refractivity contribution in [1.29, 1.82) is 0 Å². The van der Waals surface area contributed by atoms with Crippen molar-refractivity contribution in [3.05, 3.63) is 21.9 Å². The van der Waals surface area contributed by atoms with Gasteiger partial charge in [0.05, 0.1) is 13.2 Å². The zero-order chi connectivity index (χ0) is 15.5. The van der Waals surface area contributed by atoms with Crippen LogP contribution in [0.3, 0.4) is 0 Å². The third-order valence-corrected chi connectivity index (χ3v) is 4.16. The molecule has 0 saturated heterocycles. The van der Waals surface area contributed by atoms with E-state index in [0.29, 0.717) is 0 Å². The maximum absolute atomic E-state index is 5.07. The molecule has 0 amide bonds. The Balaban J connectivity index is 0.00000441. The molecule has 1 aromatic rings. The van der Waals surface area contributed by atoms with Gasteiger partial charge in [0.2, 0.25) is 0 Å². The van der Waals surface area contributed by atoms with Crippen molar-refractivity contribution in [3.63, 3.8) is 0 Å². The van der Waals surface area contributed by atoms with Crippen LogP contribution in [0.2, 0.25) is 0 Å². The number of aliphatic imine (C=N–C) groups is 1. The van der Waals surface area contributed by atoms with E-state index in [2.05, 4.69) is 52.9 Å². The molecule has 128 valence electrons. The van der Waals surface area contributed by atoms with Gasteiger partial charge >= 0.3 is 0 Å². The first kappa shape index (κ1) is 21.6. The second-order valence-electron chi connectivity index (χ2n) is 4.94. The van der Waals surface area contributed by atoms with Crippen molar-refractivity contribution < 1.29 is 4.74 Å². The van der Waals surface area contributed by atoms with Gasteiger partial charge in [0.1, 0.15) is 0 Å². The molecule has 0 radical (unpaired) electrons. The van der Waals surface area contributed by atoms with E-state index in [9.17, 15) is 0 Å². The summed E-state index contributed by atoms with van der Waals surface area (Å²) in [6.07, 6.45) is 0. The third kappa shape index (κ3) is 8.92. The van der Waals surface area contributed by atoms with Crippen molar-refractivity contribution >= 4 is 41.3 Å². The standard InChI is InChI=1S/C15H28N4OS.HI/c1-5-16-15(17-7-8-19(3)9-10-20-4)18-12-14-13(2)6-11-21-14;/h6,11H,5,7-10,12H2,1-4H3,(H2,16,17,18);1H. The lowest BCUT2D eigenvalue weighted by atomic mass is 10.3. The van der Waals surface area contributed by atoms with E-state index in [4.69, 9.17) is 4.74 Å². The maximum atomic E-state index is 5.07. The topological polar surface area (TPSA) is 48.9 Å². The second kappa shape index (κ2) is 13.1. The van der Waals surface area contributed by atoms with Gasteiger partial charge in [-0.3, -0.25) is 0 Å². The van der Waals surface area contributed by atoms with Crippen molar-refractivity contribution in [3.8, 4) is 0 Å². The Hall–Kier alpha value is -0.380. The molecule has 0 unspecified atom stereocenters. The second-order valence-corrected chi connectivity index (χ2v) is 5.95. The third-order valence-electron chi connectivity index (χ3n) is 3.16. The highest BCUT2D eigenvalue weighted by atomic mass is 127. The van der Waals surface area contributed by atoms with Crippen LogP contribution in [0.25, 0.3) is 0 Å². The summed E-state index contributed by atoms with van der Waals surface area (Å²) >= 11 is 1.76. The van der Waals surface area contributed by atoms with Gasteiger partial charge in [-0.05, 0) is 37.9 Å². The minimum atomic E-state index is 0. The first-order chi connectivity index (χ1) is 10.2. The first-order valence-electron chi connectivity index (χ1n) is 7.40. The van der Waals surface area contributed by atoms with Crippen LogP contribution >= 0.6 is 35.3 Å². The normalized spacial score (nSPS) is 11.4. The van der Waals surface area contributed by atoms with Crippen LogP contribution in [-0.2, 0) is 11.3 Å². The molecule has 1 aromatic heterocycles. The van der Waals surface area contributed by atoms with Crippen LogP contribution in [0.15, 0.2) is 16.4 Å². The van der Waals surface area contributed by atoms with Gasteiger partial charge < -0.3 is 20.3 Å². The average molecular weight is 440 g/mol. The SMILES string of the molecule is CCNC(=NCc1sccc1C)NCCN(C)CCOC.I. The smallest absolute Gasteiger partial charge is 0.191 e. The van der Waals surface area contributed by atoms with Gasteiger partial charge in [0, 0.05) is 38.2 Å². The lowest BCUT2D eigenvalue weighted by Crippen LogP contribution is -2.41. The Morgan fingerprint density at radius 2 is 2.14 bits per heavy atom. The lowest BCUT2D eigenvalue weighted by molar-refractivity contribution is 0.162. The van der Waals surface area contributed by atoms with Crippen LogP contribution < -0.4 is 10.6 Å².